The molecule has 4 rings (SSSR count). The minimum atomic E-state index is 0.0681. The molecule has 0 bridgehead atoms. The molecule has 0 spiro atoms. The Bertz CT molecular complexity index is 992. The Morgan fingerprint density at radius 2 is 2.04 bits per heavy atom. The van der Waals surface area contributed by atoms with Gasteiger partial charge >= 0.3 is 0 Å². The SMILES string of the molecule is O=C(c1cccc(Br)c1)N1CC=C(c2c[nH]c3c(Cl)cccc23)CC1. The number of aromatic amines is 1. The van der Waals surface area contributed by atoms with Crippen molar-refractivity contribution in [3.63, 3.8) is 0 Å². The number of hydrogen-bond acceptors (Lipinski definition) is 1. The van der Waals surface area contributed by atoms with Crippen LogP contribution in [0.25, 0.3) is 16.5 Å². The molecule has 1 aliphatic heterocycles. The van der Waals surface area contributed by atoms with E-state index in [9.17, 15) is 4.79 Å². The molecule has 1 aromatic heterocycles. The average Bonchev–Trinajstić information content (AvgIpc) is 3.07. The first-order valence-corrected chi connectivity index (χ1v) is 9.30. The van der Waals surface area contributed by atoms with Crippen molar-refractivity contribution >= 4 is 49.9 Å². The summed E-state index contributed by atoms with van der Waals surface area (Å²) in [6.45, 7) is 1.33. The van der Waals surface area contributed by atoms with Gasteiger partial charge in [0.2, 0.25) is 0 Å². The number of carbonyl (C=O) groups excluding carboxylic acids is 1. The second-order valence-corrected chi connectivity index (χ2v) is 7.43. The lowest BCUT2D eigenvalue weighted by Crippen LogP contribution is -2.34. The summed E-state index contributed by atoms with van der Waals surface area (Å²) in [5.74, 6) is 0.0681. The number of hydrogen-bond donors (Lipinski definition) is 1. The lowest BCUT2D eigenvalue weighted by atomic mass is 9.98. The van der Waals surface area contributed by atoms with E-state index in [-0.39, 0.29) is 5.91 Å². The normalized spacial score (nSPS) is 14.6. The molecule has 1 N–H and O–H groups in total. The van der Waals surface area contributed by atoms with Crippen LogP contribution in [0.15, 0.2) is 59.2 Å². The molecule has 0 atom stereocenters. The van der Waals surface area contributed by atoms with E-state index in [1.54, 1.807) is 0 Å². The Kier molecular flexibility index (Phi) is 4.40. The van der Waals surface area contributed by atoms with Crippen LogP contribution >= 0.6 is 27.5 Å². The van der Waals surface area contributed by atoms with Crippen LogP contribution in [0.2, 0.25) is 5.02 Å². The van der Waals surface area contributed by atoms with Crippen molar-refractivity contribution in [3.8, 4) is 0 Å². The summed E-state index contributed by atoms with van der Waals surface area (Å²) in [5.41, 5.74) is 4.11. The fourth-order valence-corrected chi connectivity index (χ4v) is 3.91. The fraction of sp³-hybridized carbons (Fsp3) is 0.150. The number of aromatic nitrogens is 1. The zero-order chi connectivity index (χ0) is 17.4. The highest BCUT2D eigenvalue weighted by atomic mass is 79.9. The number of amides is 1. The molecule has 0 fully saturated rings. The zero-order valence-electron chi connectivity index (χ0n) is 13.4. The van der Waals surface area contributed by atoms with Gasteiger partial charge in [0.05, 0.1) is 10.5 Å². The van der Waals surface area contributed by atoms with Crippen LogP contribution in [-0.4, -0.2) is 28.9 Å². The van der Waals surface area contributed by atoms with Gasteiger partial charge in [-0.25, -0.2) is 0 Å². The molecule has 25 heavy (non-hydrogen) atoms. The van der Waals surface area contributed by atoms with Crippen molar-refractivity contribution in [2.75, 3.05) is 13.1 Å². The maximum absolute atomic E-state index is 12.7. The Labute approximate surface area is 159 Å². The average molecular weight is 416 g/mol. The highest BCUT2D eigenvalue weighted by Gasteiger charge is 2.20. The third kappa shape index (κ3) is 3.12. The molecule has 2 aromatic carbocycles. The molecule has 3 aromatic rings. The molecular weight excluding hydrogens is 400 g/mol. The first-order valence-electron chi connectivity index (χ1n) is 8.13. The molecule has 0 unspecified atom stereocenters. The molecule has 3 nitrogen and oxygen atoms in total. The van der Waals surface area contributed by atoms with Crippen molar-refractivity contribution in [1.29, 1.82) is 0 Å². The molecule has 0 saturated carbocycles. The molecule has 0 saturated heterocycles. The topological polar surface area (TPSA) is 36.1 Å². The van der Waals surface area contributed by atoms with Gasteiger partial charge in [-0.05, 0) is 36.3 Å². The number of nitrogens with one attached hydrogen (secondary N) is 1. The number of para-hydroxylation sites is 1. The number of carbonyl (C=O) groups is 1. The van der Waals surface area contributed by atoms with Crippen molar-refractivity contribution in [3.05, 3.63) is 75.4 Å². The Morgan fingerprint density at radius 1 is 1.20 bits per heavy atom. The van der Waals surface area contributed by atoms with Crippen molar-refractivity contribution in [2.45, 2.75) is 6.42 Å². The molecule has 0 radical (unpaired) electrons. The van der Waals surface area contributed by atoms with E-state index >= 15 is 0 Å². The quantitative estimate of drug-likeness (QED) is 0.588. The van der Waals surface area contributed by atoms with Crippen LogP contribution in [0.4, 0.5) is 0 Å². The van der Waals surface area contributed by atoms with Crippen molar-refractivity contribution in [2.24, 2.45) is 0 Å². The third-order valence-corrected chi connectivity index (χ3v) is 5.39. The highest BCUT2D eigenvalue weighted by Crippen LogP contribution is 2.32. The molecule has 2 heterocycles. The Morgan fingerprint density at radius 3 is 2.80 bits per heavy atom. The lowest BCUT2D eigenvalue weighted by molar-refractivity contribution is 0.0773. The van der Waals surface area contributed by atoms with E-state index in [2.05, 4.69) is 33.1 Å². The van der Waals surface area contributed by atoms with Gasteiger partial charge in [0.1, 0.15) is 0 Å². The lowest BCUT2D eigenvalue weighted by Gasteiger charge is -2.26. The number of nitrogens with zero attached hydrogens (tertiary/aromatic N) is 1. The van der Waals surface area contributed by atoms with Gasteiger partial charge in [0, 0.05) is 40.3 Å². The summed E-state index contributed by atoms with van der Waals surface area (Å²) >= 11 is 9.67. The largest absolute Gasteiger partial charge is 0.359 e. The first kappa shape index (κ1) is 16.4. The van der Waals surface area contributed by atoms with Crippen LogP contribution in [-0.2, 0) is 0 Å². The predicted octanol–water partition coefficient (Wildman–Crippen LogP) is 5.51. The smallest absolute Gasteiger partial charge is 0.254 e. The monoisotopic (exact) mass is 414 g/mol. The van der Waals surface area contributed by atoms with Crippen molar-refractivity contribution < 1.29 is 4.79 Å². The highest BCUT2D eigenvalue weighted by molar-refractivity contribution is 9.10. The molecule has 1 amide bonds. The second kappa shape index (κ2) is 6.70. The van der Waals surface area contributed by atoms with E-state index in [1.807, 2.05) is 47.5 Å². The summed E-state index contributed by atoms with van der Waals surface area (Å²) in [6, 6.07) is 13.5. The summed E-state index contributed by atoms with van der Waals surface area (Å²) < 4.78 is 0.919. The van der Waals surface area contributed by atoms with Crippen LogP contribution in [0, 0.1) is 0 Å². The molecular formula is C20H16BrClN2O. The van der Waals surface area contributed by atoms with Gasteiger partial charge in [-0.3, -0.25) is 4.79 Å². The first-order chi connectivity index (χ1) is 12.1. The van der Waals surface area contributed by atoms with E-state index in [0.717, 1.165) is 26.8 Å². The summed E-state index contributed by atoms with van der Waals surface area (Å²) in [5, 5.41) is 1.86. The van der Waals surface area contributed by atoms with Gasteiger partial charge in [0.15, 0.2) is 0 Å². The van der Waals surface area contributed by atoms with Gasteiger partial charge in [-0.2, -0.15) is 0 Å². The maximum atomic E-state index is 12.7. The minimum absolute atomic E-state index is 0.0681. The number of rotatable bonds is 2. The molecule has 0 aliphatic carbocycles. The number of H-pyrrole nitrogens is 1. The van der Waals surface area contributed by atoms with E-state index in [4.69, 9.17) is 11.6 Å². The van der Waals surface area contributed by atoms with Gasteiger partial charge in [-0.1, -0.05) is 51.8 Å². The van der Waals surface area contributed by atoms with E-state index in [0.29, 0.717) is 18.7 Å². The van der Waals surface area contributed by atoms with Crippen LogP contribution < -0.4 is 0 Å². The molecule has 5 heteroatoms. The Hall–Kier alpha value is -2.04. The fourth-order valence-electron chi connectivity index (χ4n) is 3.29. The van der Waals surface area contributed by atoms with Gasteiger partial charge in [-0.15, -0.1) is 0 Å². The van der Waals surface area contributed by atoms with Crippen molar-refractivity contribution in [1.82, 2.24) is 9.88 Å². The van der Waals surface area contributed by atoms with Crippen LogP contribution in [0.1, 0.15) is 22.3 Å². The van der Waals surface area contributed by atoms with Crippen LogP contribution in [0.3, 0.4) is 0 Å². The Balaban J connectivity index is 1.58. The van der Waals surface area contributed by atoms with Gasteiger partial charge < -0.3 is 9.88 Å². The second-order valence-electron chi connectivity index (χ2n) is 6.11. The number of fused-ring (bicyclic) bond motifs is 1. The van der Waals surface area contributed by atoms with E-state index < -0.39 is 0 Å². The van der Waals surface area contributed by atoms with Crippen LogP contribution in [0.5, 0.6) is 0 Å². The standard InChI is InChI=1S/C20H16BrClN2O/c21-15-4-1-3-14(11-15)20(25)24-9-7-13(8-10-24)17-12-23-19-16(17)5-2-6-18(19)22/h1-7,11-12,23H,8-10H2. The third-order valence-electron chi connectivity index (χ3n) is 4.58. The number of halogens is 2. The zero-order valence-corrected chi connectivity index (χ0v) is 15.8. The van der Waals surface area contributed by atoms with Gasteiger partial charge in [0.25, 0.3) is 5.91 Å². The number of benzene rings is 2. The minimum Gasteiger partial charge on any atom is -0.359 e. The summed E-state index contributed by atoms with van der Waals surface area (Å²) in [7, 11) is 0. The summed E-state index contributed by atoms with van der Waals surface area (Å²) in [4.78, 5) is 17.8. The van der Waals surface area contributed by atoms with E-state index in [1.165, 1.54) is 11.1 Å². The summed E-state index contributed by atoms with van der Waals surface area (Å²) in [6.07, 6.45) is 4.98. The molecule has 1 aliphatic rings. The maximum Gasteiger partial charge on any atom is 0.254 e. The predicted molar refractivity (Wildman–Crippen MR) is 106 cm³/mol. The molecule has 126 valence electrons.